The number of halogens is 1. The van der Waals surface area contributed by atoms with E-state index >= 15 is 0 Å². The van der Waals surface area contributed by atoms with Crippen LogP contribution in [0.3, 0.4) is 0 Å². The molecule has 0 bridgehead atoms. The highest BCUT2D eigenvalue weighted by atomic mass is 35.5. The topological polar surface area (TPSA) is 68.2 Å². The summed E-state index contributed by atoms with van der Waals surface area (Å²) < 4.78 is 0. The molecule has 2 heterocycles. The Bertz CT molecular complexity index is 828. The summed E-state index contributed by atoms with van der Waals surface area (Å²) in [5.74, 6) is 0.587. The van der Waals surface area contributed by atoms with E-state index in [1.807, 2.05) is 40.5 Å². The minimum absolute atomic E-state index is 0.105. The van der Waals surface area contributed by atoms with Gasteiger partial charge >= 0.3 is 0 Å². The molecule has 2 N–H and O–H groups in total. The largest absolute Gasteiger partial charge is 0.373 e. The maximum atomic E-state index is 12.8. The molecule has 1 unspecified atom stereocenters. The molecule has 1 aliphatic carbocycles. The third-order valence-corrected chi connectivity index (χ3v) is 5.97. The zero-order valence-corrected chi connectivity index (χ0v) is 16.5. The first-order chi connectivity index (χ1) is 13.6. The number of benzene rings is 1. The summed E-state index contributed by atoms with van der Waals surface area (Å²) >= 11 is 6.61. The molecule has 1 fully saturated rings. The van der Waals surface area contributed by atoms with Crippen LogP contribution in [0.25, 0.3) is 0 Å². The van der Waals surface area contributed by atoms with Crippen molar-refractivity contribution in [1.29, 1.82) is 0 Å². The number of aliphatic hydroxyl groups is 1. The van der Waals surface area contributed by atoms with Gasteiger partial charge in [-0.1, -0.05) is 49.4 Å². The predicted molar refractivity (Wildman–Crippen MR) is 111 cm³/mol. The van der Waals surface area contributed by atoms with Gasteiger partial charge in [0, 0.05) is 12.1 Å². The average Bonchev–Trinajstić information content (AvgIpc) is 2.93. The van der Waals surface area contributed by atoms with E-state index in [0.717, 1.165) is 31.5 Å². The number of hydrogen-bond donors (Lipinski definition) is 2. The first kappa shape index (κ1) is 19.0. The van der Waals surface area contributed by atoms with Crippen molar-refractivity contribution in [2.75, 3.05) is 11.7 Å². The fourth-order valence-electron chi connectivity index (χ4n) is 4.01. The molecule has 6 nitrogen and oxygen atoms in total. The third-order valence-electron chi connectivity index (χ3n) is 5.57. The number of rotatable bonds is 4. The molecule has 1 saturated carbocycles. The van der Waals surface area contributed by atoms with Crippen molar-refractivity contribution in [2.45, 2.75) is 44.8 Å². The molecule has 1 aromatic rings. The molecular formula is C21H25ClN4O2. The monoisotopic (exact) mass is 400 g/mol. The summed E-state index contributed by atoms with van der Waals surface area (Å²) in [6.07, 6.45) is 13.3. The highest BCUT2D eigenvalue weighted by Crippen LogP contribution is 2.33. The van der Waals surface area contributed by atoms with E-state index in [0.29, 0.717) is 22.9 Å². The molecule has 0 spiro atoms. The molecule has 2 aliphatic heterocycles. The standard InChI is InChI=1S/C21H25ClN4O2/c22-19-16(21(28)24-20(27)15-8-3-1-2-4-9-15)10-7-11-17(19)26-14-23-18-12-5-6-13-25(18)26/h5-7,10-13,15,20,27H,1-4,8-9,14H2,(H,24,28). The number of aliphatic hydroxyl groups excluding tert-OH is 1. The number of hydrogen-bond acceptors (Lipinski definition) is 5. The number of aliphatic imine (C=N–C) groups is 1. The number of fused-ring (bicyclic) bond motifs is 1. The van der Waals surface area contributed by atoms with Gasteiger partial charge < -0.3 is 10.4 Å². The van der Waals surface area contributed by atoms with Gasteiger partial charge in [0.25, 0.3) is 5.91 Å². The Morgan fingerprint density at radius 2 is 2.00 bits per heavy atom. The van der Waals surface area contributed by atoms with Crippen molar-refractivity contribution in [2.24, 2.45) is 10.9 Å². The van der Waals surface area contributed by atoms with E-state index in [9.17, 15) is 9.90 Å². The fraction of sp³-hybridized carbons (Fsp3) is 0.429. The van der Waals surface area contributed by atoms with Gasteiger partial charge in [0.05, 0.1) is 16.3 Å². The van der Waals surface area contributed by atoms with Crippen LogP contribution in [-0.4, -0.2) is 34.8 Å². The van der Waals surface area contributed by atoms with Gasteiger partial charge in [0.2, 0.25) is 0 Å². The van der Waals surface area contributed by atoms with E-state index in [-0.39, 0.29) is 11.8 Å². The lowest BCUT2D eigenvalue weighted by molar-refractivity contribution is 0.0532. The number of carbonyl (C=O) groups is 1. The Morgan fingerprint density at radius 3 is 2.79 bits per heavy atom. The molecule has 1 amide bonds. The number of hydrazine groups is 1. The molecule has 1 atom stereocenters. The van der Waals surface area contributed by atoms with Crippen molar-refractivity contribution < 1.29 is 9.90 Å². The molecule has 1 aromatic carbocycles. The first-order valence-corrected chi connectivity index (χ1v) is 10.3. The number of nitrogens with zero attached hydrogens (tertiary/aromatic N) is 3. The lowest BCUT2D eigenvalue weighted by atomic mass is 9.98. The van der Waals surface area contributed by atoms with Crippen molar-refractivity contribution in [1.82, 2.24) is 10.3 Å². The Labute approximate surface area is 170 Å². The zero-order valence-electron chi connectivity index (χ0n) is 15.7. The summed E-state index contributed by atoms with van der Waals surface area (Å²) in [6, 6.07) is 5.35. The molecule has 0 aromatic heterocycles. The van der Waals surface area contributed by atoms with Crippen molar-refractivity contribution in [3.8, 4) is 0 Å². The number of allylic oxidation sites excluding steroid dienone is 2. The van der Waals surface area contributed by atoms with Crippen LogP contribution in [0.1, 0.15) is 48.9 Å². The van der Waals surface area contributed by atoms with Gasteiger partial charge in [-0.05, 0) is 37.1 Å². The van der Waals surface area contributed by atoms with Crippen LogP contribution < -0.4 is 10.3 Å². The minimum Gasteiger partial charge on any atom is -0.373 e. The summed E-state index contributed by atoms with van der Waals surface area (Å²) in [7, 11) is 0. The van der Waals surface area contributed by atoms with Gasteiger partial charge in [0.1, 0.15) is 18.7 Å². The van der Waals surface area contributed by atoms with Crippen molar-refractivity contribution in [3.05, 3.63) is 53.2 Å². The molecule has 4 rings (SSSR count). The van der Waals surface area contributed by atoms with Gasteiger partial charge in [-0.15, -0.1) is 0 Å². The third kappa shape index (κ3) is 3.80. The van der Waals surface area contributed by atoms with Gasteiger partial charge in [0.15, 0.2) is 0 Å². The smallest absolute Gasteiger partial charge is 0.254 e. The molecule has 0 saturated heterocycles. The van der Waals surface area contributed by atoms with Crippen LogP contribution in [-0.2, 0) is 0 Å². The molecule has 28 heavy (non-hydrogen) atoms. The summed E-state index contributed by atoms with van der Waals surface area (Å²) in [5, 5.41) is 17.5. The number of amidine groups is 1. The number of carbonyl (C=O) groups excluding carboxylic acids is 1. The van der Waals surface area contributed by atoms with Crippen LogP contribution in [0.4, 0.5) is 5.69 Å². The zero-order chi connectivity index (χ0) is 19.5. The van der Waals surface area contributed by atoms with Crippen LogP contribution in [0.5, 0.6) is 0 Å². The van der Waals surface area contributed by atoms with Gasteiger partial charge in [-0.3, -0.25) is 9.80 Å². The van der Waals surface area contributed by atoms with E-state index in [1.165, 1.54) is 12.8 Å². The fourth-order valence-corrected chi connectivity index (χ4v) is 4.32. The minimum atomic E-state index is -0.845. The molecular weight excluding hydrogens is 376 g/mol. The molecule has 0 radical (unpaired) electrons. The van der Waals surface area contributed by atoms with E-state index in [1.54, 1.807) is 12.1 Å². The second-order valence-corrected chi connectivity index (χ2v) is 7.79. The number of amides is 1. The van der Waals surface area contributed by atoms with Crippen molar-refractivity contribution in [3.63, 3.8) is 0 Å². The predicted octanol–water partition coefficient (Wildman–Crippen LogP) is 3.84. The molecule has 148 valence electrons. The Morgan fingerprint density at radius 1 is 1.21 bits per heavy atom. The van der Waals surface area contributed by atoms with Crippen LogP contribution >= 0.6 is 11.6 Å². The van der Waals surface area contributed by atoms with Crippen LogP contribution in [0.15, 0.2) is 47.6 Å². The highest BCUT2D eigenvalue weighted by Gasteiger charge is 2.28. The first-order valence-electron chi connectivity index (χ1n) is 9.88. The Kier molecular flexibility index (Phi) is 5.69. The van der Waals surface area contributed by atoms with Gasteiger partial charge in [-0.2, -0.15) is 0 Å². The molecule has 7 heteroatoms. The average molecular weight is 401 g/mol. The van der Waals surface area contributed by atoms with Crippen molar-refractivity contribution >= 4 is 29.0 Å². The lowest BCUT2D eigenvalue weighted by Crippen LogP contribution is -2.40. The number of nitrogens with one attached hydrogen (secondary N) is 1. The SMILES string of the molecule is O=C(NC(O)C1CCCCCC1)c1cccc(N2CN=C3C=CC=CN32)c1Cl. The quantitative estimate of drug-likeness (QED) is 0.595. The van der Waals surface area contributed by atoms with Crippen LogP contribution in [0.2, 0.25) is 5.02 Å². The highest BCUT2D eigenvalue weighted by molar-refractivity contribution is 6.36. The summed E-state index contributed by atoms with van der Waals surface area (Å²) in [5.41, 5.74) is 1.06. The maximum absolute atomic E-state index is 12.8. The Hall–Kier alpha value is -2.31. The van der Waals surface area contributed by atoms with E-state index < -0.39 is 6.23 Å². The summed E-state index contributed by atoms with van der Waals surface area (Å²) in [4.78, 5) is 17.3. The van der Waals surface area contributed by atoms with E-state index in [4.69, 9.17) is 11.6 Å². The number of anilines is 1. The summed E-state index contributed by atoms with van der Waals surface area (Å²) in [6.45, 7) is 0.430. The lowest BCUT2D eigenvalue weighted by Gasteiger charge is -2.30. The Balaban J connectivity index is 1.49. The second kappa shape index (κ2) is 8.37. The van der Waals surface area contributed by atoms with Gasteiger partial charge in [-0.25, -0.2) is 10.0 Å². The second-order valence-electron chi connectivity index (χ2n) is 7.41. The van der Waals surface area contributed by atoms with Crippen LogP contribution in [0, 0.1) is 5.92 Å². The molecule has 3 aliphatic rings. The normalized spacial score (nSPS) is 20.6. The van der Waals surface area contributed by atoms with E-state index in [2.05, 4.69) is 10.3 Å². The maximum Gasteiger partial charge on any atom is 0.254 e.